The van der Waals surface area contributed by atoms with Gasteiger partial charge in [0.15, 0.2) is 0 Å². The van der Waals surface area contributed by atoms with Gasteiger partial charge in [-0.15, -0.1) is 75.8 Å². The van der Waals surface area contributed by atoms with Crippen molar-refractivity contribution in [1.82, 2.24) is 0 Å². The van der Waals surface area contributed by atoms with E-state index in [2.05, 4.69) is 92.8 Å². The van der Waals surface area contributed by atoms with Crippen LogP contribution in [-0.4, -0.2) is 0 Å². The molecule has 0 spiro atoms. The highest BCUT2D eigenvalue weighted by Gasteiger charge is 2.37. The Kier molecular flexibility index (Phi) is 8.30. The molecular weight excluding hydrogens is 577 g/mol. The van der Waals surface area contributed by atoms with Crippen molar-refractivity contribution < 1.29 is 0 Å². The zero-order chi connectivity index (χ0) is 27.0. The van der Waals surface area contributed by atoms with E-state index in [4.69, 9.17) is 50.5 Å². The van der Waals surface area contributed by atoms with Crippen LogP contribution < -0.4 is 0 Å². The van der Waals surface area contributed by atoms with Gasteiger partial charge in [0.25, 0.3) is 0 Å². The minimum absolute atomic E-state index is 0.664. The molecule has 0 fully saturated rings. The van der Waals surface area contributed by atoms with Crippen LogP contribution in [0.1, 0.15) is 23.6 Å². The van der Waals surface area contributed by atoms with Gasteiger partial charge >= 0.3 is 0 Å². The minimum atomic E-state index is -0.664. The van der Waals surface area contributed by atoms with E-state index in [1.165, 1.54) is 0 Å². The predicted octanol–water partition coefficient (Wildman–Crippen LogP) is 10.1. The molecular formula is C32H26S6. The molecule has 0 atom stereocenters. The molecule has 6 heteroatoms. The molecule has 0 amide bonds. The molecule has 0 saturated heterocycles. The molecule has 5 aromatic carbocycles. The Hall–Kier alpha value is -1.80. The van der Waals surface area contributed by atoms with Gasteiger partial charge in [0.2, 0.25) is 0 Å². The predicted molar refractivity (Wildman–Crippen MR) is 179 cm³/mol. The third-order valence-electron chi connectivity index (χ3n) is 6.99. The van der Waals surface area contributed by atoms with E-state index in [9.17, 15) is 0 Å². The molecule has 0 saturated carbocycles. The van der Waals surface area contributed by atoms with Crippen LogP contribution in [0.3, 0.4) is 0 Å². The van der Waals surface area contributed by atoms with Gasteiger partial charge < -0.3 is 0 Å². The Morgan fingerprint density at radius 2 is 0.789 bits per heavy atom. The van der Waals surface area contributed by atoms with Crippen LogP contribution in [0.15, 0.2) is 133 Å². The summed E-state index contributed by atoms with van der Waals surface area (Å²) >= 11 is 28.7. The van der Waals surface area contributed by atoms with E-state index in [0.29, 0.717) is 0 Å². The average molecular weight is 603 g/mol. The zero-order valence-electron chi connectivity index (χ0n) is 20.5. The van der Waals surface area contributed by atoms with Crippen molar-refractivity contribution in [2.75, 3.05) is 0 Å². The fourth-order valence-corrected chi connectivity index (χ4v) is 6.97. The first-order valence-electron chi connectivity index (χ1n) is 12.0. The molecule has 0 aliphatic rings. The van der Waals surface area contributed by atoms with Gasteiger partial charge in [0, 0.05) is 34.8 Å². The largest absolute Gasteiger partial charge is 0.143 e. The molecule has 0 aromatic heterocycles. The van der Waals surface area contributed by atoms with E-state index < -0.39 is 5.41 Å². The number of hydrogen-bond acceptors (Lipinski definition) is 6. The molecule has 0 N–H and O–H groups in total. The lowest BCUT2D eigenvalue weighted by Gasteiger charge is -2.36. The van der Waals surface area contributed by atoms with Gasteiger partial charge in [-0.05, 0) is 107 Å². The van der Waals surface area contributed by atoms with Gasteiger partial charge in [-0.3, -0.25) is 0 Å². The van der Waals surface area contributed by atoms with Crippen LogP contribution in [0.5, 0.6) is 0 Å². The second-order valence-electron chi connectivity index (χ2n) is 9.35. The average Bonchev–Trinajstić information content (AvgIpc) is 2.90. The van der Waals surface area contributed by atoms with Crippen molar-refractivity contribution in [1.29, 1.82) is 0 Å². The van der Waals surface area contributed by atoms with Crippen molar-refractivity contribution in [3.05, 3.63) is 120 Å². The van der Waals surface area contributed by atoms with Gasteiger partial charge in [0.05, 0.1) is 0 Å². The molecule has 5 aromatic rings. The van der Waals surface area contributed by atoms with Crippen LogP contribution >= 0.6 is 75.8 Å². The first kappa shape index (κ1) is 27.8. The Bertz CT molecular complexity index is 1510. The first-order valence-corrected chi connectivity index (χ1v) is 14.6. The fraction of sp³-hybridized carbons (Fsp3) is 0.0625. The van der Waals surface area contributed by atoms with Crippen LogP contribution in [0, 0.1) is 0 Å². The van der Waals surface area contributed by atoms with Gasteiger partial charge in [0.1, 0.15) is 0 Å². The summed E-state index contributed by atoms with van der Waals surface area (Å²) in [6, 6.07) is 35.1. The van der Waals surface area contributed by atoms with Crippen molar-refractivity contribution in [2.45, 2.75) is 41.7 Å². The highest BCUT2D eigenvalue weighted by Crippen LogP contribution is 2.49. The molecule has 5 rings (SSSR count). The van der Waals surface area contributed by atoms with E-state index in [1.54, 1.807) is 0 Å². The molecule has 38 heavy (non-hydrogen) atoms. The highest BCUT2D eigenvalue weighted by atomic mass is 32.1. The lowest BCUT2D eigenvalue weighted by atomic mass is 9.70. The van der Waals surface area contributed by atoms with Gasteiger partial charge in [-0.25, -0.2) is 0 Å². The summed E-state index contributed by atoms with van der Waals surface area (Å²) in [6.45, 7) is 2.22. The summed E-state index contributed by atoms with van der Waals surface area (Å²) in [5, 5.41) is 0. The lowest BCUT2D eigenvalue weighted by molar-refractivity contribution is 0.636. The van der Waals surface area contributed by atoms with Crippen molar-refractivity contribution in [3.63, 3.8) is 0 Å². The second-order valence-corrected chi connectivity index (χ2v) is 12.3. The van der Waals surface area contributed by atoms with Crippen LogP contribution in [0.25, 0.3) is 22.3 Å². The number of benzene rings is 5. The van der Waals surface area contributed by atoms with Crippen molar-refractivity contribution >= 4 is 75.8 Å². The summed E-state index contributed by atoms with van der Waals surface area (Å²) in [4.78, 5) is 5.32. The van der Waals surface area contributed by atoms with E-state index in [-0.39, 0.29) is 0 Å². The summed E-state index contributed by atoms with van der Waals surface area (Å²) < 4.78 is 0. The summed E-state index contributed by atoms with van der Waals surface area (Å²) in [5.41, 5.74) is 6.83. The maximum absolute atomic E-state index is 4.98. The topological polar surface area (TPSA) is 0 Å². The standard InChI is InChI=1S/C32H26S6/c1-32(31-29(37)3-2-4-30(31)38,25-17-21(9-15-27(25)35)19-5-11-23(33)12-6-19)26-18-22(10-16-28(26)36)20-7-13-24(34)14-8-20/h2-18,33-38H,1H3. The summed E-state index contributed by atoms with van der Waals surface area (Å²) in [5.74, 6) is 0. The Labute approximate surface area is 257 Å². The fourth-order valence-electron chi connectivity index (χ4n) is 4.99. The third-order valence-corrected chi connectivity index (χ3v) is 9.11. The lowest BCUT2D eigenvalue weighted by Crippen LogP contribution is -2.28. The Morgan fingerprint density at radius 1 is 0.421 bits per heavy atom. The number of thiol groups is 6. The second kappa shape index (κ2) is 11.4. The molecule has 190 valence electrons. The van der Waals surface area contributed by atoms with E-state index in [1.807, 2.05) is 42.5 Å². The van der Waals surface area contributed by atoms with Crippen LogP contribution in [-0.2, 0) is 5.41 Å². The third kappa shape index (κ3) is 5.32. The molecule has 0 aliphatic carbocycles. The normalized spacial score (nSPS) is 11.6. The van der Waals surface area contributed by atoms with E-state index in [0.717, 1.165) is 68.3 Å². The molecule has 0 nitrogen and oxygen atoms in total. The maximum atomic E-state index is 4.98. The molecule has 0 heterocycles. The van der Waals surface area contributed by atoms with Gasteiger partial charge in [-0.2, -0.15) is 0 Å². The Morgan fingerprint density at radius 3 is 1.18 bits per heavy atom. The summed E-state index contributed by atoms with van der Waals surface area (Å²) in [6.07, 6.45) is 0. The van der Waals surface area contributed by atoms with E-state index >= 15 is 0 Å². The monoisotopic (exact) mass is 602 g/mol. The molecule has 0 unspecified atom stereocenters. The smallest absolute Gasteiger partial charge is 0.0467 e. The Balaban J connectivity index is 1.81. The van der Waals surface area contributed by atoms with Gasteiger partial charge in [-0.1, -0.05) is 42.5 Å². The van der Waals surface area contributed by atoms with Crippen LogP contribution in [0.4, 0.5) is 0 Å². The molecule has 0 bridgehead atoms. The first-order chi connectivity index (χ1) is 18.2. The zero-order valence-corrected chi connectivity index (χ0v) is 25.9. The van der Waals surface area contributed by atoms with Crippen molar-refractivity contribution in [2.24, 2.45) is 0 Å². The number of rotatable bonds is 5. The SMILES string of the molecule is CC(c1cc(-c2ccc(S)cc2)ccc1S)(c1cc(-c2ccc(S)cc2)ccc1S)c1c(S)cccc1S. The maximum Gasteiger partial charge on any atom is 0.0467 e. The highest BCUT2D eigenvalue weighted by molar-refractivity contribution is 7.81. The molecule has 0 radical (unpaired) electrons. The quantitative estimate of drug-likeness (QED) is 0.0837. The number of hydrogen-bond donors (Lipinski definition) is 6. The summed E-state index contributed by atoms with van der Waals surface area (Å²) in [7, 11) is 0. The van der Waals surface area contributed by atoms with Crippen LogP contribution in [0.2, 0.25) is 0 Å². The molecule has 0 aliphatic heterocycles. The minimum Gasteiger partial charge on any atom is -0.143 e. The van der Waals surface area contributed by atoms with Crippen molar-refractivity contribution in [3.8, 4) is 22.3 Å².